The van der Waals surface area contributed by atoms with Crippen molar-refractivity contribution in [2.45, 2.75) is 36.9 Å². The summed E-state index contributed by atoms with van der Waals surface area (Å²) in [4.78, 5) is 42.6. The molecule has 4 saturated heterocycles. The molecular formula is C40H43BrCl2F4N8O6. The van der Waals surface area contributed by atoms with Crippen molar-refractivity contribution >= 4 is 74.0 Å². The molecule has 0 saturated carbocycles. The number of hydrogen-bond acceptors (Lipinski definition) is 12. The average Bonchev–Trinajstić information content (AvgIpc) is 3.80. The van der Waals surface area contributed by atoms with Crippen molar-refractivity contribution in [2.24, 2.45) is 0 Å². The quantitative estimate of drug-likeness (QED) is 0.123. The lowest BCUT2D eigenvalue weighted by atomic mass is 10.1. The highest BCUT2D eigenvalue weighted by Gasteiger charge is 2.38. The van der Waals surface area contributed by atoms with Crippen LogP contribution in [0.15, 0.2) is 73.1 Å². The third kappa shape index (κ3) is 12.2. The zero-order valence-corrected chi connectivity index (χ0v) is 35.6. The molecular weight excluding hydrogens is 915 g/mol. The van der Waals surface area contributed by atoms with Gasteiger partial charge in [-0.2, -0.15) is 17.6 Å². The van der Waals surface area contributed by atoms with Crippen LogP contribution >= 0.6 is 39.1 Å². The number of carbonyl (C=O) groups is 2. The molecule has 0 bridgehead atoms. The number of aromatic hydroxyl groups is 2. The monoisotopic (exact) mass is 956 g/mol. The van der Waals surface area contributed by atoms with Gasteiger partial charge in [-0.1, -0.05) is 39.1 Å². The number of nitrogens with one attached hydrogen (secondary N) is 1. The number of aromatic nitrogens is 2. The summed E-state index contributed by atoms with van der Waals surface area (Å²) in [5, 5.41) is 21.8. The number of rotatable bonds is 9. The molecule has 2 aromatic carbocycles. The number of alkyl halides is 5. The third-order valence-electron chi connectivity index (χ3n) is 10.2. The molecule has 4 fully saturated rings. The van der Waals surface area contributed by atoms with E-state index in [1.165, 1.54) is 42.7 Å². The summed E-state index contributed by atoms with van der Waals surface area (Å²) < 4.78 is 57.5. The van der Waals surface area contributed by atoms with E-state index in [-0.39, 0.29) is 55.7 Å². The molecule has 0 aliphatic carbocycles. The van der Waals surface area contributed by atoms with Gasteiger partial charge in [0.1, 0.15) is 34.6 Å². The molecule has 4 aliphatic rings. The molecule has 3 N–H and O–H groups in total. The van der Waals surface area contributed by atoms with Crippen molar-refractivity contribution in [3.05, 3.63) is 83.1 Å². The maximum absolute atomic E-state index is 13.0. The second-order valence-corrected chi connectivity index (χ2v) is 16.0. The van der Waals surface area contributed by atoms with Gasteiger partial charge in [0.25, 0.3) is 0 Å². The topological polar surface area (TPSA) is 147 Å². The minimum Gasteiger partial charge on any atom is -0.506 e. The van der Waals surface area contributed by atoms with Crippen molar-refractivity contribution < 1.29 is 46.8 Å². The zero-order chi connectivity index (χ0) is 43.6. The van der Waals surface area contributed by atoms with Crippen LogP contribution in [0.4, 0.5) is 40.6 Å². The first kappa shape index (κ1) is 45.7. The second-order valence-electron chi connectivity index (χ2n) is 14.0. The fourth-order valence-electron chi connectivity index (χ4n) is 7.15. The summed E-state index contributed by atoms with van der Waals surface area (Å²) in [5.41, 5.74) is 1.15. The van der Waals surface area contributed by atoms with E-state index in [4.69, 9.17) is 28.3 Å². The summed E-state index contributed by atoms with van der Waals surface area (Å²) in [6, 6.07) is 15.4. The van der Waals surface area contributed by atoms with Crippen LogP contribution in [0.2, 0.25) is 10.0 Å². The Morgan fingerprint density at radius 3 is 1.56 bits per heavy atom. The van der Waals surface area contributed by atoms with Crippen molar-refractivity contribution in [1.82, 2.24) is 20.2 Å². The lowest BCUT2D eigenvalue weighted by Crippen LogP contribution is -2.52. The minimum atomic E-state index is -2.96. The first-order chi connectivity index (χ1) is 29.3. The first-order valence-electron chi connectivity index (χ1n) is 19.3. The van der Waals surface area contributed by atoms with Gasteiger partial charge in [-0.15, -0.1) is 0 Å². The molecule has 0 radical (unpaired) electrons. The summed E-state index contributed by atoms with van der Waals surface area (Å²) in [7, 11) is 0. The van der Waals surface area contributed by atoms with Crippen LogP contribution in [0.5, 0.6) is 23.0 Å². The maximum atomic E-state index is 13.0. The number of anilines is 4. The van der Waals surface area contributed by atoms with Crippen molar-refractivity contribution in [3.63, 3.8) is 0 Å². The Bertz CT molecular complexity index is 2090. The molecule has 14 nitrogen and oxygen atoms in total. The number of piperazine rings is 2. The Balaban J connectivity index is 0.000000170. The number of hydrogen-bond donors (Lipinski definition) is 3. The number of benzene rings is 2. The number of carbonyl (C=O) groups excluding carboxylic acids is 2. The van der Waals surface area contributed by atoms with Gasteiger partial charge >= 0.3 is 13.2 Å². The Kier molecular flexibility index (Phi) is 16.0. The van der Waals surface area contributed by atoms with Crippen LogP contribution in [0, 0.1) is 0 Å². The van der Waals surface area contributed by atoms with E-state index >= 15 is 0 Å². The minimum absolute atomic E-state index is 0.0233. The van der Waals surface area contributed by atoms with Crippen molar-refractivity contribution in [3.8, 4) is 23.0 Å². The van der Waals surface area contributed by atoms with Gasteiger partial charge < -0.3 is 44.6 Å². The maximum Gasteiger partial charge on any atom is 0.387 e. The van der Waals surface area contributed by atoms with E-state index in [1.807, 2.05) is 6.07 Å². The van der Waals surface area contributed by atoms with Crippen LogP contribution in [0.3, 0.4) is 0 Å². The van der Waals surface area contributed by atoms with Crippen LogP contribution in [-0.2, 0) is 9.59 Å². The molecule has 2 amide bonds. The van der Waals surface area contributed by atoms with Crippen LogP contribution in [-0.4, -0.2) is 126 Å². The van der Waals surface area contributed by atoms with Gasteiger partial charge in [-0.05, 0) is 73.5 Å². The highest BCUT2D eigenvalue weighted by molar-refractivity contribution is 9.10. The van der Waals surface area contributed by atoms with Gasteiger partial charge in [-0.3, -0.25) is 14.5 Å². The number of pyridine rings is 2. The fraction of sp³-hybridized carbons (Fsp3) is 0.400. The molecule has 328 valence electrons. The first-order valence-corrected chi connectivity index (χ1v) is 20.9. The van der Waals surface area contributed by atoms with E-state index in [2.05, 4.69) is 55.4 Å². The molecule has 6 heterocycles. The molecule has 61 heavy (non-hydrogen) atoms. The van der Waals surface area contributed by atoms with Gasteiger partial charge in [0, 0.05) is 76.8 Å². The molecule has 0 spiro atoms. The molecule has 4 aromatic rings. The van der Waals surface area contributed by atoms with E-state index in [1.54, 1.807) is 34.1 Å². The number of halogens is 7. The SMILES string of the molecule is O=C1C(Br)CCN1c1ccc(OC(F)F)c(Cl)c1.O=C1C(N2CCN(c3ccc(O)cn3)CC2)CCN1c1ccc(OC(F)F)c(Cl)c1.Oc1ccc(N2CCNCC2)nc1. The summed E-state index contributed by atoms with van der Waals surface area (Å²) in [6.45, 7) is 2.09. The fourth-order valence-corrected chi connectivity index (χ4v) is 8.04. The number of ether oxygens (including phenoxy) is 2. The van der Waals surface area contributed by atoms with Crippen LogP contribution < -0.4 is 34.4 Å². The predicted molar refractivity (Wildman–Crippen MR) is 227 cm³/mol. The largest absolute Gasteiger partial charge is 0.506 e. The van der Waals surface area contributed by atoms with Gasteiger partial charge in [0.2, 0.25) is 11.8 Å². The van der Waals surface area contributed by atoms with E-state index in [0.29, 0.717) is 50.4 Å². The lowest BCUT2D eigenvalue weighted by Gasteiger charge is -2.37. The number of nitrogens with zero attached hydrogens (tertiary/aromatic N) is 7. The number of amides is 2. The Hall–Kier alpha value is -4.82. The van der Waals surface area contributed by atoms with Crippen molar-refractivity contribution in [2.75, 3.05) is 85.0 Å². The predicted octanol–water partition coefficient (Wildman–Crippen LogP) is 6.61. The standard InChI is InChI=1S/C20H21ClF2N4O3.C11H9BrClF2NO2.C9H13N3O/c21-15-11-13(1-3-17(15)30-20(22)23)27-6-5-16(19(27)29)25-7-9-26(10-8-25)18-4-2-14(28)12-24-18;12-7-3-4-16(10(7)17)6-1-2-9(8(13)5-6)18-11(14)15;13-8-1-2-9(11-7-8)12-5-3-10-4-6-12/h1-4,11-12,16,20,28H,5-10H2;1-2,5,7,11H,3-4H2;1-2,7,10,13H,3-6H2. The van der Waals surface area contributed by atoms with Crippen molar-refractivity contribution in [1.29, 1.82) is 0 Å². The van der Waals surface area contributed by atoms with Gasteiger partial charge in [-0.25, -0.2) is 9.97 Å². The zero-order valence-electron chi connectivity index (χ0n) is 32.5. The normalized spacial score (nSPS) is 19.5. The molecule has 4 aliphatic heterocycles. The lowest BCUT2D eigenvalue weighted by molar-refractivity contribution is -0.121. The molecule has 8 rings (SSSR count). The van der Waals surface area contributed by atoms with Gasteiger partial charge in [0.05, 0.1) is 33.3 Å². The highest BCUT2D eigenvalue weighted by atomic mass is 79.9. The molecule has 2 aromatic heterocycles. The van der Waals surface area contributed by atoms with E-state index < -0.39 is 13.2 Å². The molecule has 2 unspecified atom stereocenters. The van der Waals surface area contributed by atoms with Crippen LogP contribution in [0.1, 0.15) is 12.8 Å². The third-order valence-corrected chi connectivity index (χ3v) is 11.6. The second kappa shape index (κ2) is 21.3. The Morgan fingerprint density at radius 1 is 0.656 bits per heavy atom. The summed E-state index contributed by atoms with van der Waals surface area (Å²) in [6.07, 6.45) is 4.29. The summed E-state index contributed by atoms with van der Waals surface area (Å²) >= 11 is 15.1. The highest BCUT2D eigenvalue weighted by Crippen LogP contribution is 2.35. The summed E-state index contributed by atoms with van der Waals surface area (Å²) in [5.74, 6) is 1.79. The van der Waals surface area contributed by atoms with E-state index in [9.17, 15) is 32.3 Å². The van der Waals surface area contributed by atoms with Gasteiger partial charge in [0.15, 0.2) is 0 Å². The Labute approximate surface area is 367 Å². The smallest absolute Gasteiger partial charge is 0.387 e. The molecule has 2 atom stereocenters. The van der Waals surface area contributed by atoms with E-state index in [0.717, 1.165) is 50.9 Å². The Morgan fingerprint density at radius 2 is 1.13 bits per heavy atom. The van der Waals surface area contributed by atoms with Crippen LogP contribution in [0.25, 0.3) is 0 Å². The molecule has 21 heteroatoms. The average molecular weight is 959 g/mol.